The summed E-state index contributed by atoms with van der Waals surface area (Å²) in [5.74, 6) is 1.41. The van der Waals surface area contributed by atoms with Crippen molar-refractivity contribution in [3.05, 3.63) is 461 Å². The largest absolute Gasteiger partial charge is 0.309 e. The lowest BCUT2D eigenvalue weighted by molar-refractivity contribution is 1.18. The van der Waals surface area contributed by atoms with Gasteiger partial charge in [-0.25, -0.2) is 19.9 Å². The molecule has 24 rings (SSSR count). The van der Waals surface area contributed by atoms with Gasteiger partial charge in [0.2, 0.25) is 0 Å². The van der Waals surface area contributed by atoms with E-state index in [1.54, 1.807) is 0 Å². The quantitative estimate of drug-likeness (QED) is 0.109. The number of para-hydroxylation sites is 6. The van der Waals surface area contributed by atoms with E-state index in [4.69, 9.17) is 19.9 Å². The molecule has 0 saturated carbocycles. The third-order valence-electron chi connectivity index (χ3n) is 24.3. The zero-order chi connectivity index (χ0) is 82.0. The Morgan fingerprint density at radius 3 is 0.758 bits per heavy atom. The van der Waals surface area contributed by atoms with Gasteiger partial charge in [0.15, 0.2) is 11.6 Å². The van der Waals surface area contributed by atoms with E-state index in [9.17, 15) is 0 Å². The first-order chi connectivity index (χ1) is 61.5. The third-order valence-corrected chi connectivity index (χ3v) is 24.3. The molecular formula is C116H76N8. The van der Waals surface area contributed by atoms with Crippen molar-refractivity contribution < 1.29 is 0 Å². The second-order valence-corrected chi connectivity index (χ2v) is 31.7. The Hall–Kier alpha value is -16.7. The van der Waals surface area contributed by atoms with Crippen LogP contribution in [0.1, 0.15) is 0 Å². The summed E-state index contributed by atoms with van der Waals surface area (Å²) in [4.78, 5) is 20.3. The minimum Gasteiger partial charge on any atom is -0.309 e. The van der Waals surface area contributed by atoms with Crippen molar-refractivity contribution in [1.29, 1.82) is 0 Å². The molecule has 580 valence electrons. The molecule has 0 N–H and O–H groups in total. The fraction of sp³-hybridized carbons (Fsp3) is 0. The number of rotatable bonds is 14. The molecule has 6 heterocycles. The van der Waals surface area contributed by atoms with Gasteiger partial charge in [0.25, 0.3) is 0 Å². The SMILES string of the molecule is c1ccc(-c2cc(-c3cccc(-c4ccc(-n5c6ccccc6c6cc(-c7ccc8c9ccccc9n(-c9ccccc9)c8c7)ccc65)cc4)c3)nc(-c3ccccc3)n2)cc1.c1ccc(-c2cc(-c3ccccc3)nc(-c3cccc(-c4ccc(-n5c6ccccc6c6cc(-c7ccc8c9ccccc9n(-c9ccccc9)c8c7)ccc65)cc4)c3)n2)cc1. The molecule has 0 aliphatic heterocycles. The molecule has 0 aliphatic rings. The van der Waals surface area contributed by atoms with E-state index >= 15 is 0 Å². The maximum absolute atomic E-state index is 5.09. The van der Waals surface area contributed by atoms with Crippen molar-refractivity contribution in [1.82, 2.24) is 38.2 Å². The fourth-order valence-electron chi connectivity index (χ4n) is 18.3. The van der Waals surface area contributed by atoms with Crippen LogP contribution in [0, 0.1) is 0 Å². The van der Waals surface area contributed by atoms with Gasteiger partial charge in [0.05, 0.1) is 66.9 Å². The average molecular weight is 1580 g/mol. The second kappa shape index (κ2) is 30.9. The Balaban J connectivity index is 0.000000143. The number of hydrogen-bond donors (Lipinski definition) is 0. The monoisotopic (exact) mass is 1580 g/mol. The molecule has 0 bridgehead atoms. The van der Waals surface area contributed by atoms with Gasteiger partial charge in [0, 0.05) is 99.2 Å². The summed E-state index contributed by atoms with van der Waals surface area (Å²) < 4.78 is 9.55. The number of nitrogens with zero attached hydrogens (tertiary/aromatic N) is 8. The van der Waals surface area contributed by atoms with Crippen LogP contribution in [0.3, 0.4) is 0 Å². The summed E-state index contributed by atoms with van der Waals surface area (Å²) in [6.45, 7) is 0. The molecule has 0 fully saturated rings. The van der Waals surface area contributed by atoms with E-state index in [1.165, 1.54) is 109 Å². The van der Waals surface area contributed by atoms with Crippen molar-refractivity contribution in [3.8, 4) is 135 Å². The van der Waals surface area contributed by atoms with E-state index in [0.29, 0.717) is 11.6 Å². The van der Waals surface area contributed by atoms with Crippen LogP contribution < -0.4 is 0 Å². The molecule has 0 spiro atoms. The maximum atomic E-state index is 5.09. The van der Waals surface area contributed by atoms with Crippen LogP contribution in [0.2, 0.25) is 0 Å². The van der Waals surface area contributed by atoms with Crippen LogP contribution in [-0.4, -0.2) is 38.2 Å². The highest BCUT2D eigenvalue weighted by Crippen LogP contribution is 2.43. The van der Waals surface area contributed by atoms with E-state index in [0.717, 1.165) is 101 Å². The summed E-state index contributed by atoms with van der Waals surface area (Å²) in [6.07, 6.45) is 0. The van der Waals surface area contributed by atoms with Gasteiger partial charge in [-0.15, -0.1) is 0 Å². The molecule has 0 unspecified atom stereocenters. The molecule has 0 radical (unpaired) electrons. The maximum Gasteiger partial charge on any atom is 0.160 e. The molecular weight excluding hydrogens is 1510 g/mol. The zero-order valence-corrected chi connectivity index (χ0v) is 67.5. The van der Waals surface area contributed by atoms with Crippen LogP contribution in [-0.2, 0) is 0 Å². The van der Waals surface area contributed by atoms with Crippen LogP contribution in [0.15, 0.2) is 461 Å². The van der Waals surface area contributed by atoms with E-state index in [1.807, 2.05) is 72.8 Å². The first-order valence-corrected chi connectivity index (χ1v) is 42.1. The number of aromatic nitrogens is 8. The number of benzene rings is 18. The molecule has 6 aromatic heterocycles. The van der Waals surface area contributed by atoms with Gasteiger partial charge in [-0.05, 0) is 178 Å². The van der Waals surface area contributed by atoms with Crippen LogP contribution in [0.4, 0.5) is 0 Å². The van der Waals surface area contributed by atoms with E-state index in [-0.39, 0.29) is 0 Å². The normalized spacial score (nSPS) is 11.5. The Bertz CT molecular complexity index is 7580. The Kier molecular flexibility index (Phi) is 18.1. The van der Waals surface area contributed by atoms with Gasteiger partial charge in [-0.3, -0.25) is 0 Å². The van der Waals surface area contributed by atoms with Crippen LogP contribution >= 0.6 is 0 Å². The lowest BCUT2D eigenvalue weighted by Gasteiger charge is -2.12. The average Bonchev–Trinajstić information content (AvgIpc) is 1.59. The molecule has 0 atom stereocenters. The van der Waals surface area contributed by atoms with Gasteiger partial charge in [0.1, 0.15) is 0 Å². The molecule has 8 heteroatoms. The first-order valence-electron chi connectivity index (χ1n) is 42.1. The minimum absolute atomic E-state index is 0.701. The number of fused-ring (bicyclic) bond motifs is 12. The molecule has 0 saturated heterocycles. The van der Waals surface area contributed by atoms with Gasteiger partial charge < -0.3 is 18.3 Å². The van der Waals surface area contributed by atoms with Gasteiger partial charge >= 0.3 is 0 Å². The predicted octanol–water partition coefficient (Wildman–Crippen LogP) is 30.0. The molecule has 124 heavy (non-hydrogen) atoms. The topological polar surface area (TPSA) is 71.3 Å². The Morgan fingerprint density at radius 1 is 0.121 bits per heavy atom. The molecule has 18 aromatic carbocycles. The first kappa shape index (κ1) is 72.5. The van der Waals surface area contributed by atoms with Crippen molar-refractivity contribution in [2.75, 3.05) is 0 Å². The lowest BCUT2D eigenvalue weighted by Crippen LogP contribution is -1.96. The number of hydrogen-bond acceptors (Lipinski definition) is 4. The van der Waals surface area contributed by atoms with Gasteiger partial charge in [-0.2, -0.15) is 0 Å². The standard InChI is InChI=1S/2C58H38N4/c1-4-15-40(16-5-1)52-38-53(60-58(59-52)41-17-6-2-7-18-41)45-20-14-19-42(35-45)39-27-31-47(32-28-39)61-55-26-13-11-24-49(55)51-36-43(30-34-56(51)61)44-29-33-50-48-23-10-12-25-54(48)62(57(50)37-44)46-21-8-3-9-22-46;1-4-15-40(16-5-1)52-38-53(41-17-6-2-7-18-41)60-58(59-52)45-20-14-19-42(35-45)39-27-31-47(32-28-39)61-55-26-13-11-24-49(55)51-36-43(30-34-56(51)61)44-29-33-50-48-23-10-12-25-54(48)62(57(50)37-44)46-21-8-3-9-22-46/h2*1-38H. The predicted molar refractivity (Wildman–Crippen MR) is 516 cm³/mol. The smallest absolute Gasteiger partial charge is 0.160 e. The summed E-state index contributed by atoms with van der Waals surface area (Å²) in [6, 6.07) is 164. The Labute approximate surface area is 716 Å². The Morgan fingerprint density at radius 2 is 0.363 bits per heavy atom. The van der Waals surface area contributed by atoms with Crippen LogP contribution in [0.25, 0.3) is 222 Å². The zero-order valence-electron chi connectivity index (χ0n) is 67.5. The second-order valence-electron chi connectivity index (χ2n) is 31.7. The molecule has 8 nitrogen and oxygen atoms in total. The van der Waals surface area contributed by atoms with Crippen molar-refractivity contribution in [2.45, 2.75) is 0 Å². The highest BCUT2D eigenvalue weighted by Gasteiger charge is 2.22. The third kappa shape index (κ3) is 13.1. The van der Waals surface area contributed by atoms with E-state index in [2.05, 4.69) is 407 Å². The van der Waals surface area contributed by atoms with Crippen molar-refractivity contribution in [2.24, 2.45) is 0 Å². The lowest BCUT2D eigenvalue weighted by atomic mass is 10.00. The molecule has 24 aromatic rings. The highest BCUT2D eigenvalue weighted by molar-refractivity contribution is 6.15. The summed E-state index contributed by atoms with van der Waals surface area (Å²) in [5.41, 5.74) is 33.1. The molecule has 0 amide bonds. The minimum atomic E-state index is 0.701. The summed E-state index contributed by atoms with van der Waals surface area (Å²) in [5, 5.41) is 9.95. The van der Waals surface area contributed by atoms with Gasteiger partial charge in [-0.1, -0.05) is 328 Å². The van der Waals surface area contributed by atoms with Crippen LogP contribution in [0.5, 0.6) is 0 Å². The fourth-order valence-corrected chi connectivity index (χ4v) is 18.3. The highest BCUT2D eigenvalue weighted by atomic mass is 15.0. The summed E-state index contributed by atoms with van der Waals surface area (Å²) >= 11 is 0. The van der Waals surface area contributed by atoms with Crippen molar-refractivity contribution in [3.63, 3.8) is 0 Å². The van der Waals surface area contributed by atoms with Crippen molar-refractivity contribution >= 4 is 87.2 Å². The summed E-state index contributed by atoms with van der Waals surface area (Å²) in [7, 11) is 0. The van der Waals surface area contributed by atoms with E-state index < -0.39 is 0 Å². The molecule has 0 aliphatic carbocycles.